The molecule has 19 heavy (non-hydrogen) atoms. The van der Waals surface area contributed by atoms with Crippen LogP contribution in [0.5, 0.6) is 0 Å². The maximum absolute atomic E-state index is 13.6. The lowest BCUT2D eigenvalue weighted by Gasteiger charge is -2.21. The fourth-order valence-corrected chi connectivity index (χ4v) is 2.42. The second kappa shape index (κ2) is 6.30. The Balaban J connectivity index is 0.00000180. The van der Waals surface area contributed by atoms with Gasteiger partial charge in [-0.15, -0.1) is 12.4 Å². The molecular formula is C13H17ClF2N2O. The molecule has 0 saturated carbocycles. The van der Waals surface area contributed by atoms with E-state index in [1.807, 2.05) is 6.92 Å². The molecule has 1 aliphatic rings. The molecule has 1 aromatic rings. The monoisotopic (exact) mass is 290 g/mol. The average Bonchev–Trinajstić information content (AvgIpc) is 2.73. The maximum atomic E-state index is 13.6. The highest BCUT2D eigenvalue weighted by atomic mass is 35.5. The van der Waals surface area contributed by atoms with Gasteiger partial charge < -0.3 is 10.6 Å². The van der Waals surface area contributed by atoms with Crippen LogP contribution in [0.25, 0.3) is 0 Å². The summed E-state index contributed by atoms with van der Waals surface area (Å²) in [6.07, 6.45) is 0.805. The molecule has 1 fully saturated rings. The molecule has 2 N–H and O–H groups in total. The molecule has 1 saturated heterocycles. The van der Waals surface area contributed by atoms with Gasteiger partial charge >= 0.3 is 0 Å². The lowest BCUT2D eigenvalue weighted by atomic mass is 10.1. The Morgan fingerprint density at radius 3 is 2.74 bits per heavy atom. The molecule has 0 bridgehead atoms. The lowest BCUT2D eigenvalue weighted by Crippen LogP contribution is -2.35. The number of likely N-dealkylation sites (tertiary alicyclic amines) is 1. The van der Waals surface area contributed by atoms with Crippen LogP contribution in [0.2, 0.25) is 0 Å². The topological polar surface area (TPSA) is 46.3 Å². The van der Waals surface area contributed by atoms with Gasteiger partial charge in [0.05, 0.1) is 5.56 Å². The minimum Gasteiger partial charge on any atom is -0.336 e. The number of amides is 1. The number of carbonyl (C=O) groups is 1. The molecule has 1 aliphatic heterocycles. The summed E-state index contributed by atoms with van der Waals surface area (Å²) >= 11 is 0. The summed E-state index contributed by atoms with van der Waals surface area (Å²) in [7, 11) is 0. The third-order valence-electron chi connectivity index (χ3n) is 3.44. The first-order valence-electron chi connectivity index (χ1n) is 5.99. The molecule has 0 aliphatic carbocycles. The largest absolute Gasteiger partial charge is 0.336 e. The van der Waals surface area contributed by atoms with Crippen molar-refractivity contribution in [2.24, 2.45) is 11.7 Å². The first kappa shape index (κ1) is 15.9. The predicted octanol–water partition coefficient (Wildman–Crippen LogP) is 2.20. The number of hydrogen-bond acceptors (Lipinski definition) is 2. The third-order valence-corrected chi connectivity index (χ3v) is 3.44. The molecule has 2 rings (SSSR count). The van der Waals surface area contributed by atoms with E-state index in [1.165, 1.54) is 12.1 Å². The van der Waals surface area contributed by atoms with E-state index in [-0.39, 0.29) is 29.9 Å². The molecule has 1 amide bonds. The van der Waals surface area contributed by atoms with Gasteiger partial charge in [0, 0.05) is 12.6 Å². The van der Waals surface area contributed by atoms with Crippen LogP contribution in [-0.4, -0.2) is 29.9 Å². The average molecular weight is 291 g/mol. The molecule has 0 radical (unpaired) electrons. The maximum Gasteiger partial charge on any atom is 0.257 e. The molecule has 2 atom stereocenters. The van der Waals surface area contributed by atoms with Gasteiger partial charge in [-0.2, -0.15) is 0 Å². The Labute approximate surface area is 117 Å². The summed E-state index contributed by atoms with van der Waals surface area (Å²) < 4.78 is 26.7. The van der Waals surface area contributed by atoms with Crippen LogP contribution in [-0.2, 0) is 0 Å². The van der Waals surface area contributed by atoms with E-state index in [4.69, 9.17) is 5.73 Å². The van der Waals surface area contributed by atoms with Gasteiger partial charge in [-0.3, -0.25) is 4.79 Å². The number of nitrogens with zero attached hydrogens (tertiary/aromatic N) is 1. The van der Waals surface area contributed by atoms with Crippen LogP contribution in [0.4, 0.5) is 8.78 Å². The Hall–Kier alpha value is -1.20. The molecule has 2 unspecified atom stereocenters. The van der Waals surface area contributed by atoms with Crippen molar-refractivity contribution in [3.05, 3.63) is 35.4 Å². The molecule has 106 valence electrons. The van der Waals surface area contributed by atoms with E-state index in [0.29, 0.717) is 13.1 Å². The van der Waals surface area contributed by atoms with Crippen molar-refractivity contribution in [3.63, 3.8) is 0 Å². The Bertz CT molecular complexity index is 470. The first-order chi connectivity index (χ1) is 8.54. The number of rotatable bonds is 2. The third kappa shape index (κ3) is 3.04. The highest BCUT2D eigenvalue weighted by Gasteiger charge is 2.33. The van der Waals surface area contributed by atoms with Crippen molar-refractivity contribution >= 4 is 18.3 Å². The first-order valence-corrected chi connectivity index (χ1v) is 5.99. The van der Waals surface area contributed by atoms with Gasteiger partial charge in [-0.1, -0.05) is 6.07 Å². The van der Waals surface area contributed by atoms with Crippen molar-refractivity contribution in [3.8, 4) is 0 Å². The van der Waals surface area contributed by atoms with E-state index >= 15 is 0 Å². The highest BCUT2D eigenvalue weighted by molar-refractivity contribution is 5.94. The van der Waals surface area contributed by atoms with Gasteiger partial charge in [0.2, 0.25) is 0 Å². The van der Waals surface area contributed by atoms with E-state index in [9.17, 15) is 13.6 Å². The molecule has 0 spiro atoms. The van der Waals surface area contributed by atoms with Crippen molar-refractivity contribution in [1.82, 2.24) is 4.90 Å². The number of hydrogen-bond donors (Lipinski definition) is 1. The molecular weight excluding hydrogens is 274 g/mol. The summed E-state index contributed by atoms with van der Waals surface area (Å²) in [6.45, 7) is 2.90. The molecule has 3 nitrogen and oxygen atoms in total. The van der Waals surface area contributed by atoms with Crippen molar-refractivity contribution in [1.29, 1.82) is 0 Å². The second-order valence-electron chi connectivity index (χ2n) is 4.75. The number of halogens is 3. The van der Waals surface area contributed by atoms with E-state index < -0.39 is 17.5 Å². The van der Waals surface area contributed by atoms with E-state index in [2.05, 4.69) is 0 Å². The fraction of sp³-hybridized carbons (Fsp3) is 0.462. The summed E-state index contributed by atoms with van der Waals surface area (Å²) in [4.78, 5) is 13.7. The molecule has 1 aromatic carbocycles. The number of benzene rings is 1. The van der Waals surface area contributed by atoms with Crippen LogP contribution < -0.4 is 5.73 Å². The van der Waals surface area contributed by atoms with Crippen LogP contribution in [0.15, 0.2) is 18.2 Å². The summed E-state index contributed by atoms with van der Waals surface area (Å²) in [6, 6.07) is 3.66. The Kier molecular flexibility index (Phi) is 5.26. The molecule has 6 heteroatoms. The van der Waals surface area contributed by atoms with Crippen molar-refractivity contribution < 1.29 is 13.6 Å². The zero-order valence-corrected chi connectivity index (χ0v) is 11.4. The molecule has 1 heterocycles. The SMILES string of the molecule is CC1CC(CN)CN1C(=O)c1cccc(F)c1F.Cl. The zero-order chi connectivity index (χ0) is 13.3. The minimum atomic E-state index is -1.08. The smallest absolute Gasteiger partial charge is 0.257 e. The Morgan fingerprint density at radius 2 is 2.16 bits per heavy atom. The fourth-order valence-electron chi connectivity index (χ4n) is 2.42. The minimum absolute atomic E-state index is 0. The normalized spacial score (nSPS) is 22.2. The number of nitrogens with two attached hydrogens (primary N) is 1. The highest BCUT2D eigenvalue weighted by Crippen LogP contribution is 2.25. The predicted molar refractivity (Wildman–Crippen MR) is 71.3 cm³/mol. The van der Waals surface area contributed by atoms with Crippen LogP contribution in [0.1, 0.15) is 23.7 Å². The number of carbonyl (C=O) groups excluding carboxylic acids is 1. The van der Waals surface area contributed by atoms with Crippen LogP contribution in [0, 0.1) is 17.6 Å². The second-order valence-corrected chi connectivity index (χ2v) is 4.75. The van der Waals surface area contributed by atoms with E-state index in [0.717, 1.165) is 12.5 Å². The summed E-state index contributed by atoms with van der Waals surface area (Å²) in [5, 5.41) is 0. The van der Waals surface area contributed by atoms with Gasteiger partial charge in [0.25, 0.3) is 5.91 Å². The van der Waals surface area contributed by atoms with Gasteiger partial charge in [0.15, 0.2) is 11.6 Å². The van der Waals surface area contributed by atoms with Gasteiger partial charge in [-0.25, -0.2) is 8.78 Å². The summed E-state index contributed by atoms with van der Waals surface area (Å²) in [5.74, 6) is -2.30. The Morgan fingerprint density at radius 1 is 1.47 bits per heavy atom. The van der Waals surface area contributed by atoms with Crippen molar-refractivity contribution in [2.45, 2.75) is 19.4 Å². The van der Waals surface area contributed by atoms with Crippen LogP contribution in [0.3, 0.4) is 0 Å². The summed E-state index contributed by atoms with van der Waals surface area (Å²) in [5.41, 5.74) is 5.37. The molecule has 0 aromatic heterocycles. The van der Waals surface area contributed by atoms with Gasteiger partial charge in [0.1, 0.15) is 0 Å². The van der Waals surface area contributed by atoms with Crippen molar-refractivity contribution in [2.75, 3.05) is 13.1 Å². The van der Waals surface area contributed by atoms with Crippen LogP contribution >= 0.6 is 12.4 Å². The standard InChI is InChI=1S/C13H16F2N2O.ClH/c1-8-5-9(6-16)7-17(8)13(18)10-3-2-4-11(14)12(10)15;/h2-4,8-9H,5-7,16H2,1H3;1H. The van der Waals surface area contributed by atoms with E-state index in [1.54, 1.807) is 4.90 Å². The zero-order valence-electron chi connectivity index (χ0n) is 10.6. The lowest BCUT2D eigenvalue weighted by molar-refractivity contribution is 0.0737. The van der Waals surface area contributed by atoms with Gasteiger partial charge in [-0.05, 0) is 37.9 Å². The quantitative estimate of drug-likeness (QED) is 0.907.